The first-order chi connectivity index (χ1) is 16.6. The molecule has 1 aromatic heterocycles. The lowest BCUT2D eigenvalue weighted by molar-refractivity contribution is -0.125. The van der Waals surface area contributed by atoms with Gasteiger partial charge in [-0.2, -0.15) is 0 Å². The lowest BCUT2D eigenvalue weighted by Gasteiger charge is -2.42. The van der Waals surface area contributed by atoms with Gasteiger partial charge in [-0.25, -0.2) is 9.97 Å². The first-order valence-corrected chi connectivity index (χ1v) is 13.4. The number of amides is 1. The van der Waals surface area contributed by atoms with E-state index in [1.54, 1.807) is 0 Å². The van der Waals surface area contributed by atoms with Crippen LogP contribution < -0.4 is 10.6 Å². The molecule has 1 aliphatic carbocycles. The van der Waals surface area contributed by atoms with Crippen LogP contribution in [-0.4, -0.2) is 64.1 Å². The number of piperazine rings is 1. The number of para-hydroxylation sites is 1. The summed E-state index contributed by atoms with van der Waals surface area (Å²) in [6, 6.07) is 7.72. The highest BCUT2D eigenvalue weighted by Crippen LogP contribution is 2.28. The summed E-state index contributed by atoms with van der Waals surface area (Å²) in [5.41, 5.74) is 0.927. The van der Waals surface area contributed by atoms with Gasteiger partial charge >= 0.3 is 0 Å². The van der Waals surface area contributed by atoms with Crippen molar-refractivity contribution in [3.8, 4) is 0 Å². The maximum absolute atomic E-state index is 13.4. The third kappa shape index (κ3) is 5.36. The van der Waals surface area contributed by atoms with Crippen molar-refractivity contribution >= 4 is 22.6 Å². The van der Waals surface area contributed by atoms with Gasteiger partial charge in [-0.15, -0.1) is 0 Å². The van der Waals surface area contributed by atoms with Gasteiger partial charge in [0.1, 0.15) is 17.7 Å². The summed E-state index contributed by atoms with van der Waals surface area (Å²) < 4.78 is 0. The summed E-state index contributed by atoms with van der Waals surface area (Å²) in [6.07, 6.45) is 9.70. The maximum Gasteiger partial charge on any atom is 0.244 e. The first-order valence-electron chi connectivity index (χ1n) is 13.4. The lowest BCUT2D eigenvalue weighted by atomic mass is 9.86. The molecular weight excluding hydrogens is 424 g/mol. The van der Waals surface area contributed by atoms with Crippen molar-refractivity contribution in [2.45, 2.75) is 77.5 Å². The van der Waals surface area contributed by atoms with Gasteiger partial charge in [0.25, 0.3) is 0 Å². The molecule has 1 aromatic carbocycles. The van der Waals surface area contributed by atoms with Crippen LogP contribution in [0.25, 0.3) is 10.9 Å². The molecule has 5 rings (SSSR count). The fraction of sp³-hybridized carbons (Fsp3) is 0.667. The van der Waals surface area contributed by atoms with E-state index in [9.17, 15) is 4.79 Å². The Labute approximate surface area is 203 Å². The Morgan fingerprint density at radius 1 is 1.06 bits per heavy atom. The van der Waals surface area contributed by atoms with Gasteiger partial charge < -0.3 is 10.6 Å². The zero-order valence-electron chi connectivity index (χ0n) is 20.8. The largest absolute Gasteiger partial charge is 0.358 e. The highest BCUT2D eigenvalue weighted by molar-refractivity contribution is 5.92. The molecule has 0 radical (unpaired) electrons. The predicted octanol–water partition coefficient (Wildman–Crippen LogP) is 4.00. The van der Waals surface area contributed by atoms with E-state index in [0.717, 1.165) is 54.6 Å². The summed E-state index contributed by atoms with van der Waals surface area (Å²) in [4.78, 5) is 28.1. The lowest BCUT2D eigenvalue weighted by Crippen LogP contribution is -2.62. The molecule has 184 valence electrons. The van der Waals surface area contributed by atoms with Crippen molar-refractivity contribution in [1.29, 1.82) is 0 Å². The molecule has 1 saturated carbocycles. The minimum atomic E-state index is -0.340. The number of aromatic nitrogens is 2. The third-order valence-corrected chi connectivity index (χ3v) is 7.93. The molecule has 0 spiro atoms. The van der Waals surface area contributed by atoms with Crippen molar-refractivity contribution in [2.24, 2.45) is 11.8 Å². The molecule has 2 bridgehead atoms. The number of hydrogen-bond donors (Lipinski definition) is 2. The van der Waals surface area contributed by atoms with Crippen LogP contribution in [0.3, 0.4) is 0 Å². The van der Waals surface area contributed by atoms with E-state index in [1.807, 2.05) is 24.3 Å². The molecule has 34 heavy (non-hydrogen) atoms. The van der Waals surface area contributed by atoms with Crippen molar-refractivity contribution < 1.29 is 4.79 Å². The summed E-state index contributed by atoms with van der Waals surface area (Å²) >= 11 is 0. The van der Waals surface area contributed by atoms with Crippen LogP contribution in [-0.2, 0) is 11.3 Å². The molecule has 2 aromatic rings. The minimum absolute atomic E-state index is 0.0180. The summed E-state index contributed by atoms with van der Waals surface area (Å²) in [5.74, 6) is 2.70. The maximum atomic E-state index is 13.4. The second-order valence-electron chi connectivity index (χ2n) is 10.8. The van der Waals surface area contributed by atoms with Crippen LogP contribution in [0.2, 0.25) is 0 Å². The van der Waals surface area contributed by atoms with Crippen molar-refractivity contribution in [1.82, 2.24) is 25.1 Å². The highest BCUT2D eigenvalue weighted by atomic mass is 16.2. The second-order valence-corrected chi connectivity index (χ2v) is 10.8. The Bertz CT molecular complexity index is 988. The SMILES string of the molecule is CC(C)[C@@H]1Nc2nc(nc3ccccc23)CN2CCN(CCCC3CCCCC3)CC2NC1=O. The second kappa shape index (κ2) is 10.6. The Balaban J connectivity index is 1.32. The number of fused-ring (bicyclic) bond motifs is 5. The monoisotopic (exact) mass is 464 g/mol. The summed E-state index contributed by atoms with van der Waals surface area (Å²) in [5, 5.41) is 7.80. The molecular formula is C27H40N6O. The number of rotatable bonds is 5. The average molecular weight is 465 g/mol. The van der Waals surface area contributed by atoms with Crippen LogP contribution in [0.4, 0.5) is 5.82 Å². The Morgan fingerprint density at radius 3 is 2.71 bits per heavy atom. The molecule has 3 heterocycles. The summed E-state index contributed by atoms with van der Waals surface area (Å²) in [7, 11) is 0. The van der Waals surface area contributed by atoms with E-state index < -0.39 is 0 Å². The van der Waals surface area contributed by atoms with Crippen LogP contribution >= 0.6 is 0 Å². The quantitative estimate of drug-likeness (QED) is 0.697. The van der Waals surface area contributed by atoms with Crippen LogP contribution in [0.1, 0.15) is 64.6 Å². The van der Waals surface area contributed by atoms with Crippen molar-refractivity contribution in [2.75, 3.05) is 31.5 Å². The average Bonchev–Trinajstić information content (AvgIpc) is 2.84. The number of nitrogens with zero attached hydrogens (tertiary/aromatic N) is 4. The van der Waals surface area contributed by atoms with E-state index in [-0.39, 0.29) is 24.0 Å². The number of benzene rings is 1. The third-order valence-electron chi connectivity index (χ3n) is 7.93. The number of carbonyl (C=O) groups excluding carboxylic acids is 1. The van der Waals surface area contributed by atoms with Crippen molar-refractivity contribution in [3.63, 3.8) is 0 Å². The van der Waals surface area contributed by atoms with Gasteiger partial charge in [0.15, 0.2) is 0 Å². The van der Waals surface area contributed by atoms with Gasteiger partial charge in [-0.05, 0) is 43.4 Å². The summed E-state index contributed by atoms with van der Waals surface area (Å²) in [6.45, 7) is 8.75. The Hall–Kier alpha value is -2.25. The molecule has 3 aliphatic rings. The normalized spacial score (nSPS) is 25.1. The number of nitrogens with one attached hydrogen (secondary N) is 2. The molecule has 1 unspecified atom stereocenters. The zero-order chi connectivity index (χ0) is 23.5. The molecule has 2 fully saturated rings. The fourth-order valence-electron chi connectivity index (χ4n) is 5.91. The highest BCUT2D eigenvalue weighted by Gasteiger charge is 2.33. The van der Waals surface area contributed by atoms with E-state index in [1.165, 1.54) is 44.9 Å². The topological polar surface area (TPSA) is 73.4 Å². The fourth-order valence-corrected chi connectivity index (χ4v) is 5.91. The van der Waals surface area contributed by atoms with E-state index in [4.69, 9.17) is 9.97 Å². The van der Waals surface area contributed by atoms with Crippen LogP contribution in [0.15, 0.2) is 24.3 Å². The van der Waals surface area contributed by atoms with Gasteiger partial charge in [0.05, 0.1) is 18.2 Å². The predicted molar refractivity (Wildman–Crippen MR) is 136 cm³/mol. The van der Waals surface area contributed by atoms with Crippen LogP contribution in [0, 0.1) is 11.8 Å². The van der Waals surface area contributed by atoms with E-state index in [2.05, 4.69) is 34.3 Å². The molecule has 2 aliphatic heterocycles. The molecule has 1 saturated heterocycles. The smallest absolute Gasteiger partial charge is 0.244 e. The van der Waals surface area contributed by atoms with Crippen LogP contribution in [0.5, 0.6) is 0 Å². The van der Waals surface area contributed by atoms with Gasteiger partial charge in [-0.3, -0.25) is 14.6 Å². The van der Waals surface area contributed by atoms with Gasteiger partial charge in [0, 0.05) is 25.0 Å². The Kier molecular flexibility index (Phi) is 7.30. The molecule has 1 amide bonds. The molecule has 7 heteroatoms. The number of hydrogen-bond acceptors (Lipinski definition) is 6. The van der Waals surface area contributed by atoms with Gasteiger partial charge in [-0.1, -0.05) is 58.1 Å². The first kappa shape index (κ1) is 23.5. The number of carbonyl (C=O) groups is 1. The zero-order valence-corrected chi connectivity index (χ0v) is 20.8. The molecule has 7 nitrogen and oxygen atoms in total. The molecule has 2 atom stereocenters. The molecule has 2 N–H and O–H groups in total. The Morgan fingerprint density at radius 2 is 1.88 bits per heavy atom. The van der Waals surface area contributed by atoms with E-state index >= 15 is 0 Å². The number of anilines is 1. The minimum Gasteiger partial charge on any atom is -0.358 e. The van der Waals surface area contributed by atoms with Crippen molar-refractivity contribution in [3.05, 3.63) is 30.1 Å². The van der Waals surface area contributed by atoms with Gasteiger partial charge in [0.2, 0.25) is 5.91 Å². The standard InChI is InChI=1S/C27H40N6O/c1-19(2)25-27(34)30-24-18-32(14-8-11-20-9-4-3-5-10-20)15-16-33(24)17-23-28-22-13-7-6-12-21(22)26(29-23)31-25/h6-7,12-13,19-20,24-25H,3-5,8-11,14-18H2,1-2H3,(H,30,34)(H,28,29,31)/t24?,25-/m0/s1. The van der Waals surface area contributed by atoms with E-state index in [0.29, 0.717) is 6.54 Å².